The number of hydrogen-bond acceptors (Lipinski definition) is 4. The minimum absolute atomic E-state index is 0.108. The first-order valence-electron chi connectivity index (χ1n) is 6.53. The van der Waals surface area contributed by atoms with Gasteiger partial charge in [0.05, 0.1) is 25.0 Å². The molecule has 1 heterocycles. The van der Waals surface area contributed by atoms with Crippen molar-refractivity contribution in [1.29, 1.82) is 0 Å². The summed E-state index contributed by atoms with van der Waals surface area (Å²) in [5.74, 6) is 1.17. The molecule has 2 aromatic rings. The molecule has 0 unspecified atom stereocenters. The summed E-state index contributed by atoms with van der Waals surface area (Å²) < 4.78 is 16.5. The zero-order valence-corrected chi connectivity index (χ0v) is 12.3. The summed E-state index contributed by atoms with van der Waals surface area (Å²) in [7, 11) is 1.57. The molecular weight excluding hydrogens is 280 g/mol. The van der Waals surface area contributed by atoms with Crippen molar-refractivity contribution in [3.63, 3.8) is 0 Å². The van der Waals surface area contributed by atoms with Gasteiger partial charge in [-0.2, -0.15) is 0 Å². The highest BCUT2D eigenvalue weighted by Crippen LogP contribution is 2.34. The quantitative estimate of drug-likeness (QED) is 0.439. The topological polar surface area (TPSA) is 48.7 Å². The Morgan fingerprint density at radius 1 is 1.35 bits per heavy atom. The van der Waals surface area contributed by atoms with Gasteiger partial charge in [-0.05, 0) is 12.5 Å². The predicted octanol–water partition coefficient (Wildman–Crippen LogP) is 4.04. The van der Waals surface area contributed by atoms with Crippen LogP contribution in [0.4, 0.5) is 0 Å². The summed E-state index contributed by atoms with van der Waals surface area (Å²) in [5.41, 5.74) is 0.560. The normalized spacial score (nSPS) is 10.8. The molecule has 1 aromatic heterocycles. The molecule has 5 heteroatoms. The summed E-state index contributed by atoms with van der Waals surface area (Å²) in [6, 6.07) is 5.19. The molecule has 0 amide bonds. The molecule has 0 radical (unpaired) electrons. The van der Waals surface area contributed by atoms with Crippen LogP contribution in [-0.4, -0.2) is 25.4 Å². The van der Waals surface area contributed by atoms with Crippen LogP contribution in [0.2, 0.25) is 0 Å². The SMILES string of the molecule is CCCCOc1cc(OC)cc2oc(C(=O)CCl)cc12. The Kier molecular flexibility index (Phi) is 4.90. The first-order valence-corrected chi connectivity index (χ1v) is 7.06. The van der Waals surface area contributed by atoms with E-state index in [-0.39, 0.29) is 17.4 Å². The molecule has 1 aromatic carbocycles. The van der Waals surface area contributed by atoms with E-state index in [0.717, 1.165) is 18.2 Å². The second kappa shape index (κ2) is 6.66. The number of unbranched alkanes of at least 4 members (excludes halogenated alkanes) is 1. The van der Waals surface area contributed by atoms with Gasteiger partial charge < -0.3 is 13.9 Å². The highest BCUT2D eigenvalue weighted by molar-refractivity contribution is 6.30. The number of fused-ring (bicyclic) bond motifs is 1. The van der Waals surface area contributed by atoms with Gasteiger partial charge in [-0.25, -0.2) is 0 Å². The van der Waals surface area contributed by atoms with Gasteiger partial charge in [0.2, 0.25) is 5.78 Å². The number of ether oxygens (including phenoxy) is 2. The Hall–Kier alpha value is -1.68. The summed E-state index contributed by atoms with van der Waals surface area (Å²) in [5, 5.41) is 0.760. The van der Waals surface area contributed by atoms with Gasteiger partial charge in [-0.3, -0.25) is 4.79 Å². The van der Waals surface area contributed by atoms with Crippen molar-refractivity contribution in [1.82, 2.24) is 0 Å². The Morgan fingerprint density at radius 2 is 2.15 bits per heavy atom. The predicted molar refractivity (Wildman–Crippen MR) is 78.2 cm³/mol. The number of ketones is 1. The molecule has 0 aliphatic rings. The molecule has 0 bridgehead atoms. The zero-order valence-electron chi connectivity index (χ0n) is 11.6. The first kappa shape index (κ1) is 14.7. The van der Waals surface area contributed by atoms with Crippen molar-refractivity contribution in [2.24, 2.45) is 0 Å². The van der Waals surface area contributed by atoms with Crippen LogP contribution < -0.4 is 9.47 Å². The average Bonchev–Trinajstić information content (AvgIpc) is 2.90. The van der Waals surface area contributed by atoms with E-state index in [1.807, 2.05) is 0 Å². The maximum atomic E-state index is 11.6. The Labute approximate surface area is 122 Å². The molecule has 0 atom stereocenters. The number of alkyl halides is 1. The lowest BCUT2D eigenvalue weighted by atomic mass is 10.2. The van der Waals surface area contributed by atoms with E-state index >= 15 is 0 Å². The van der Waals surface area contributed by atoms with Crippen molar-refractivity contribution in [3.05, 3.63) is 24.0 Å². The van der Waals surface area contributed by atoms with Gasteiger partial charge in [-0.1, -0.05) is 13.3 Å². The van der Waals surface area contributed by atoms with Crippen LogP contribution in [0, 0.1) is 0 Å². The van der Waals surface area contributed by atoms with Crippen LogP contribution in [0.3, 0.4) is 0 Å². The first-order chi connectivity index (χ1) is 9.69. The lowest BCUT2D eigenvalue weighted by Crippen LogP contribution is -1.97. The second-order valence-electron chi connectivity index (χ2n) is 4.41. The smallest absolute Gasteiger partial charge is 0.212 e. The molecule has 108 valence electrons. The molecule has 0 saturated heterocycles. The largest absolute Gasteiger partial charge is 0.496 e. The van der Waals surface area contributed by atoms with Crippen LogP contribution in [-0.2, 0) is 0 Å². The third-order valence-electron chi connectivity index (χ3n) is 2.96. The van der Waals surface area contributed by atoms with Crippen molar-refractivity contribution < 1.29 is 18.7 Å². The van der Waals surface area contributed by atoms with E-state index in [1.165, 1.54) is 0 Å². The third kappa shape index (κ3) is 3.07. The van der Waals surface area contributed by atoms with Gasteiger partial charge in [0.1, 0.15) is 17.1 Å². The summed E-state index contributed by atoms with van der Waals surface area (Å²) in [6.45, 7) is 2.71. The van der Waals surface area contributed by atoms with Gasteiger partial charge >= 0.3 is 0 Å². The minimum atomic E-state index is -0.249. The molecule has 20 heavy (non-hydrogen) atoms. The van der Waals surface area contributed by atoms with E-state index < -0.39 is 0 Å². The van der Waals surface area contributed by atoms with Gasteiger partial charge in [0, 0.05) is 12.1 Å². The molecule has 0 fully saturated rings. The number of Topliss-reactive ketones (excluding diaryl/α,β-unsaturated/α-hetero) is 1. The number of methoxy groups -OCH3 is 1. The number of carbonyl (C=O) groups is 1. The summed E-state index contributed by atoms with van der Waals surface area (Å²) in [6.07, 6.45) is 2.01. The van der Waals surface area contributed by atoms with Crippen LogP contribution in [0.25, 0.3) is 11.0 Å². The van der Waals surface area contributed by atoms with E-state index in [9.17, 15) is 4.79 Å². The van der Waals surface area contributed by atoms with Crippen LogP contribution in [0.15, 0.2) is 22.6 Å². The molecular formula is C15H17ClO4. The fourth-order valence-electron chi connectivity index (χ4n) is 1.85. The molecule has 0 aliphatic heterocycles. The maximum Gasteiger partial charge on any atom is 0.212 e. The Bertz CT molecular complexity index is 603. The van der Waals surface area contributed by atoms with E-state index in [2.05, 4.69) is 6.92 Å². The van der Waals surface area contributed by atoms with Crippen molar-refractivity contribution >= 4 is 28.4 Å². The highest BCUT2D eigenvalue weighted by atomic mass is 35.5. The minimum Gasteiger partial charge on any atom is -0.496 e. The van der Waals surface area contributed by atoms with Crippen LogP contribution in [0.1, 0.15) is 30.3 Å². The monoisotopic (exact) mass is 296 g/mol. The fourth-order valence-corrected chi connectivity index (χ4v) is 1.98. The van der Waals surface area contributed by atoms with E-state index in [1.54, 1.807) is 25.3 Å². The lowest BCUT2D eigenvalue weighted by molar-refractivity contribution is 0.0992. The zero-order chi connectivity index (χ0) is 14.5. The molecule has 0 N–H and O–H groups in total. The van der Waals surface area contributed by atoms with E-state index in [0.29, 0.717) is 23.7 Å². The van der Waals surface area contributed by atoms with Gasteiger partial charge in [-0.15, -0.1) is 11.6 Å². The van der Waals surface area contributed by atoms with Crippen LogP contribution >= 0.6 is 11.6 Å². The van der Waals surface area contributed by atoms with Crippen molar-refractivity contribution in [3.8, 4) is 11.5 Å². The molecule has 2 rings (SSSR count). The van der Waals surface area contributed by atoms with E-state index in [4.69, 9.17) is 25.5 Å². The number of hydrogen-bond donors (Lipinski definition) is 0. The molecule has 0 saturated carbocycles. The standard InChI is InChI=1S/C15H17ClO4/c1-3-4-5-19-13-6-10(18-2)7-14-11(13)8-15(20-14)12(17)9-16/h6-8H,3-5,9H2,1-2H3. The number of furan rings is 1. The molecule has 4 nitrogen and oxygen atoms in total. The van der Waals surface area contributed by atoms with Gasteiger partial charge in [0.15, 0.2) is 5.76 Å². The molecule has 0 spiro atoms. The van der Waals surface area contributed by atoms with Crippen molar-refractivity contribution in [2.45, 2.75) is 19.8 Å². The number of benzene rings is 1. The number of rotatable bonds is 7. The average molecular weight is 297 g/mol. The number of carbonyl (C=O) groups excluding carboxylic acids is 1. The maximum absolute atomic E-state index is 11.6. The number of halogens is 1. The Morgan fingerprint density at radius 3 is 2.80 bits per heavy atom. The Balaban J connectivity index is 2.41. The van der Waals surface area contributed by atoms with Gasteiger partial charge in [0.25, 0.3) is 0 Å². The highest BCUT2D eigenvalue weighted by Gasteiger charge is 2.15. The second-order valence-corrected chi connectivity index (χ2v) is 4.67. The van der Waals surface area contributed by atoms with Crippen molar-refractivity contribution in [2.75, 3.05) is 19.6 Å². The summed E-state index contributed by atoms with van der Waals surface area (Å²) >= 11 is 5.55. The summed E-state index contributed by atoms with van der Waals surface area (Å²) in [4.78, 5) is 11.6. The molecule has 0 aliphatic carbocycles. The lowest BCUT2D eigenvalue weighted by Gasteiger charge is -2.08. The fraction of sp³-hybridized carbons (Fsp3) is 0.400. The third-order valence-corrected chi connectivity index (χ3v) is 3.20. The van der Waals surface area contributed by atoms with Crippen LogP contribution in [0.5, 0.6) is 11.5 Å².